The Bertz CT molecular complexity index is 1490. The average Bonchev–Trinajstić information content (AvgIpc) is 2.95. The number of carbonyl (C=O) groups is 2. The largest absolute Gasteiger partial charge is 0.352 e. The second-order valence-corrected chi connectivity index (χ2v) is 13.4. The van der Waals surface area contributed by atoms with Crippen LogP contribution in [0, 0.1) is 12.7 Å². The topological polar surface area (TPSA) is 86.8 Å². The highest BCUT2D eigenvalue weighted by Gasteiger charge is 2.33. The molecule has 0 spiro atoms. The molecule has 11 heteroatoms. The number of amides is 2. The van der Waals surface area contributed by atoms with E-state index in [1.165, 1.54) is 59.5 Å². The minimum Gasteiger partial charge on any atom is -0.352 e. The Morgan fingerprint density at radius 1 is 0.952 bits per heavy atom. The second kappa shape index (κ2) is 13.9. The predicted molar refractivity (Wildman–Crippen MR) is 164 cm³/mol. The Labute approximate surface area is 256 Å². The summed E-state index contributed by atoms with van der Waals surface area (Å²) in [6.45, 7) is 2.78. The number of halogens is 3. The lowest BCUT2D eigenvalue weighted by molar-refractivity contribution is -0.139. The summed E-state index contributed by atoms with van der Waals surface area (Å²) >= 11 is 12.5. The van der Waals surface area contributed by atoms with Crippen molar-refractivity contribution in [2.45, 2.75) is 69.5 Å². The van der Waals surface area contributed by atoms with E-state index in [1.54, 1.807) is 19.1 Å². The van der Waals surface area contributed by atoms with Gasteiger partial charge in [0, 0.05) is 22.6 Å². The number of hydrogen-bond acceptors (Lipinski definition) is 4. The molecule has 1 fully saturated rings. The average molecular weight is 635 g/mol. The molecule has 1 saturated carbocycles. The van der Waals surface area contributed by atoms with Gasteiger partial charge in [-0.3, -0.25) is 13.9 Å². The zero-order chi connectivity index (χ0) is 30.4. The van der Waals surface area contributed by atoms with Crippen LogP contribution in [0.3, 0.4) is 0 Å². The van der Waals surface area contributed by atoms with E-state index in [2.05, 4.69) is 5.32 Å². The van der Waals surface area contributed by atoms with Crippen molar-refractivity contribution in [2.75, 3.05) is 10.8 Å². The van der Waals surface area contributed by atoms with E-state index in [1.807, 2.05) is 6.92 Å². The quantitative estimate of drug-likeness (QED) is 0.276. The molecule has 224 valence electrons. The van der Waals surface area contributed by atoms with Crippen LogP contribution in [-0.2, 0) is 26.2 Å². The summed E-state index contributed by atoms with van der Waals surface area (Å²) in [5.74, 6) is -1.40. The minimum absolute atomic E-state index is 0.0171. The van der Waals surface area contributed by atoms with Crippen LogP contribution in [0.4, 0.5) is 10.1 Å². The number of aryl methyl sites for hydroxylation is 1. The monoisotopic (exact) mass is 633 g/mol. The van der Waals surface area contributed by atoms with Crippen molar-refractivity contribution < 1.29 is 22.4 Å². The van der Waals surface area contributed by atoms with Crippen LogP contribution in [0.5, 0.6) is 0 Å². The maximum absolute atomic E-state index is 14.0. The summed E-state index contributed by atoms with van der Waals surface area (Å²) in [5.41, 5.74) is 1.55. The van der Waals surface area contributed by atoms with E-state index in [-0.39, 0.29) is 39.1 Å². The number of benzene rings is 3. The van der Waals surface area contributed by atoms with E-state index in [0.717, 1.165) is 42.0 Å². The van der Waals surface area contributed by atoms with Gasteiger partial charge in [-0.25, -0.2) is 12.8 Å². The molecule has 7 nitrogen and oxygen atoms in total. The fourth-order valence-electron chi connectivity index (χ4n) is 4.99. The first kappa shape index (κ1) is 31.8. The Morgan fingerprint density at radius 3 is 2.14 bits per heavy atom. The summed E-state index contributed by atoms with van der Waals surface area (Å²) in [7, 11) is -4.26. The van der Waals surface area contributed by atoms with Gasteiger partial charge in [0.25, 0.3) is 10.0 Å². The fraction of sp³-hybridized carbons (Fsp3) is 0.355. The Balaban J connectivity index is 1.69. The molecule has 1 aliphatic carbocycles. The van der Waals surface area contributed by atoms with Gasteiger partial charge in [0.1, 0.15) is 18.4 Å². The Kier molecular flexibility index (Phi) is 10.5. The summed E-state index contributed by atoms with van der Waals surface area (Å²) < 4.78 is 42.4. The third kappa shape index (κ3) is 8.02. The zero-order valence-corrected chi connectivity index (χ0v) is 25.9. The molecular formula is C31H34Cl2FN3O4S. The predicted octanol–water partition coefficient (Wildman–Crippen LogP) is 6.50. The lowest BCUT2D eigenvalue weighted by Gasteiger charge is -2.33. The van der Waals surface area contributed by atoms with Gasteiger partial charge in [0.15, 0.2) is 0 Å². The smallest absolute Gasteiger partial charge is 0.264 e. The third-order valence-corrected chi connectivity index (χ3v) is 9.63. The molecule has 2 amide bonds. The fourth-order valence-corrected chi connectivity index (χ4v) is 6.90. The first-order chi connectivity index (χ1) is 19.9. The van der Waals surface area contributed by atoms with Crippen LogP contribution in [-0.4, -0.2) is 43.8 Å². The van der Waals surface area contributed by atoms with E-state index >= 15 is 0 Å². The summed E-state index contributed by atoms with van der Waals surface area (Å²) in [5, 5.41) is 3.43. The summed E-state index contributed by atoms with van der Waals surface area (Å²) in [6, 6.07) is 15.2. The van der Waals surface area contributed by atoms with Crippen molar-refractivity contribution in [1.82, 2.24) is 10.2 Å². The molecule has 3 aromatic carbocycles. The van der Waals surface area contributed by atoms with Gasteiger partial charge in [0.2, 0.25) is 11.8 Å². The van der Waals surface area contributed by atoms with Crippen molar-refractivity contribution in [1.29, 1.82) is 0 Å². The molecule has 0 aliphatic heterocycles. The summed E-state index contributed by atoms with van der Waals surface area (Å²) in [4.78, 5) is 28.7. The lowest BCUT2D eigenvalue weighted by Crippen LogP contribution is -2.53. The molecule has 1 N–H and O–H groups in total. The van der Waals surface area contributed by atoms with Crippen LogP contribution in [0.25, 0.3) is 0 Å². The van der Waals surface area contributed by atoms with Crippen molar-refractivity contribution >= 4 is 50.7 Å². The highest BCUT2D eigenvalue weighted by molar-refractivity contribution is 7.92. The van der Waals surface area contributed by atoms with Gasteiger partial charge in [0.05, 0.1) is 10.6 Å². The standard InChI is InChI=1S/C31H34Cl2FN3O4S/c1-21-8-14-29(15-9-21)42(40,41)37(28-17-24(32)16-25(33)18-28)20-30(38)36(19-23-10-12-26(34)13-11-23)22(2)31(39)35-27-6-4-3-5-7-27/h8-18,22,27H,3-7,19-20H2,1-2H3,(H,35,39). The number of hydrogen-bond donors (Lipinski definition) is 1. The molecule has 1 aliphatic rings. The molecule has 1 unspecified atom stereocenters. The number of nitrogens with one attached hydrogen (secondary N) is 1. The molecule has 0 bridgehead atoms. The van der Waals surface area contributed by atoms with Crippen LogP contribution in [0.2, 0.25) is 10.0 Å². The van der Waals surface area contributed by atoms with Crippen molar-refractivity contribution in [3.63, 3.8) is 0 Å². The molecular weight excluding hydrogens is 600 g/mol. The van der Waals surface area contributed by atoms with Gasteiger partial charge in [-0.15, -0.1) is 0 Å². The van der Waals surface area contributed by atoms with Crippen molar-refractivity contribution in [3.8, 4) is 0 Å². The van der Waals surface area contributed by atoms with Crippen molar-refractivity contribution in [2.24, 2.45) is 0 Å². The normalized spacial score (nSPS) is 14.7. The van der Waals surface area contributed by atoms with E-state index < -0.39 is 34.3 Å². The van der Waals surface area contributed by atoms with Crippen molar-refractivity contribution in [3.05, 3.63) is 93.7 Å². The number of rotatable bonds is 10. The maximum atomic E-state index is 14.0. The van der Waals surface area contributed by atoms with Gasteiger partial charge < -0.3 is 10.2 Å². The zero-order valence-electron chi connectivity index (χ0n) is 23.5. The molecule has 0 radical (unpaired) electrons. The minimum atomic E-state index is -4.26. The molecule has 0 saturated heterocycles. The van der Waals surface area contributed by atoms with Gasteiger partial charge in [-0.1, -0.05) is 72.3 Å². The lowest BCUT2D eigenvalue weighted by atomic mass is 9.95. The number of carbonyl (C=O) groups excluding carboxylic acids is 2. The SMILES string of the molecule is Cc1ccc(S(=O)(=O)N(CC(=O)N(Cc2ccc(F)cc2)C(C)C(=O)NC2CCCCC2)c2cc(Cl)cc(Cl)c2)cc1. The second-order valence-electron chi connectivity index (χ2n) is 10.6. The number of sulfonamides is 1. The highest BCUT2D eigenvalue weighted by Crippen LogP contribution is 2.30. The van der Waals surface area contributed by atoms with E-state index in [0.29, 0.717) is 5.56 Å². The Morgan fingerprint density at radius 2 is 1.55 bits per heavy atom. The van der Waals surface area contributed by atoms with Crippen LogP contribution in [0.15, 0.2) is 71.6 Å². The molecule has 1 atom stereocenters. The van der Waals surface area contributed by atoms with Crippen LogP contribution < -0.4 is 9.62 Å². The van der Waals surface area contributed by atoms with Crippen LogP contribution >= 0.6 is 23.2 Å². The summed E-state index contributed by atoms with van der Waals surface area (Å²) in [6.07, 6.45) is 4.89. The van der Waals surface area contributed by atoms with E-state index in [4.69, 9.17) is 23.2 Å². The molecule has 0 aromatic heterocycles. The first-order valence-electron chi connectivity index (χ1n) is 13.8. The molecule has 0 heterocycles. The maximum Gasteiger partial charge on any atom is 0.264 e. The highest BCUT2D eigenvalue weighted by atomic mass is 35.5. The third-order valence-electron chi connectivity index (χ3n) is 7.41. The van der Waals surface area contributed by atoms with Gasteiger partial charge in [-0.05, 0) is 74.7 Å². The number of nitrogens with zero attached hydrogens (tertiary/aromatic N) is 2. The molecule has 3 aromatic rings. The van der Waals surface area contributed by atoms with Gasteiger partial charge >= 0.3 is 0 Å². The number of anilines is 1. The molecule has 4 rings (SSSR count). The Hall–Kier alpha value is -3.14. The first-order valence-corrected chi connectivity index (χ1v) is 16.0. The van der Waals surface area contributed by atoms with E-state index in [9.17, 15) is 22.4 Å². The van der Waals surface area contributed by atoms with Crippen LogP contribution in [0.1, 0.15) is 50.2 Å². The van der Waals surface area contributed by atoms with Gasteiger partial charge in [-0.2, -0.15) is 0 Å². The molecule has 42 heavy (non-hydrogen) atoms.